The lowest BCUT2D eigenvalue weighted by molar-refractivity contribution is -0.137. The van der Waals surface area contributed by atoms with E-state index in [4.69, 9.17) is 4.74 Å². The monoisotopic (exact) mass is 545 g/mol. The third-order valence-electron chi connectivity index (χ3n) is 7.30. The van der Waals surface area contributed by atoms with Gasteiger partial charge in [-0.15, -0.1) is 0 Å². The molecular weight excluding hydrogens is 511 g/mol. The second-order valence-electron chi connectivity index (χ2n) is 10.9. The van der Waals surface area contributed by atoms with E-state index in [2.05, 4.69) is 5.32 Å². The van der Waals surface area contributed by atoms with E-state index >= 15 is 0 Å². The van der Waals surface area contributed by atoms with Crippen LogP contribution >= 0.6 is 0 Å². The van der Waals surface area contributed by atoms with Crippen molar-refractivity contribution < 1.29 is 32.6 Å². The van der Waals surface area contributed by atoms with Crippen molar-refractivity contribution in [3.8, 4) is 5.75 Å². The molecule has 0 fully saturated rings. The first-order chi connectivity index (χ1) is 18.1. The molecule has 2 heterocycles. The van der Waals surface area contributed by atoms with Crippen molar-refractivity contribution in [3.63, 3.8) is 0 Å². The van der Waals surface area contributed by atoms with Crippen LogP contribution in [0.1, 0.15) is 63.6 Å². The van der Waals surface area contributed by atoms with Gasteiger partial charge in [0.15, 0.2) is 0 Å². The summed E-state index contributed by atoms with van der Waals surface area (Å²) in [5, 5.41) is 13.0. The molecule has 0 saturated carbocycles. The summed E-state index contributed by atoms with van der Waals surface area (Å²) in [6, 6.07) is 8.35. The van der Waals surface area contributed by atoms with E-state index in [9.17, 15) is 27.9 Å². The Morgan fingerprint density at radius 3 is 2.46 bits per heavy atom. The number of carbonyl (C=O) groups excluding carboxylic acids is 2. The molecule has 0 aliphatic carbocycles. The van der Waals surface area contributed by atoms with Gasteiger partial charge in [-0.25, -0.2) is 4.79 Å². The number of anilines is 2. The van der Waals surface area contributed by atoms with Gasteiger partial charge in [-0.3, -0.25) is 9.69 Å². The van der Waals surface area contributed by atoms with E-state index in [1.165, 1.54) is 17.0 Å². The Morgan fingerprint density at radius 2 is 1.85 bits per heavy atom. The summed E-state index contributed by atoms with van der Waals surface area (Å²) in [6.45, 7) is 7.60. The number of β-amino-alcohol motifs (C(OH)–C–C–N with tert-alkyl or cyclic N) is 1. The number of hydrogen-bond acceptors (Lipinski definition) is 4. The molecule has 4 rings (SSSR count). The number of fused-ring (bicyclic) bond motifs is 2. The number of rotatable bonds is 6. The number of halogens is 3. The topological polar surface area (TPSA) is 82.1 Å². The molecule has 0 bridgehead atoms. The number of urea groups is 1. The fourth-order valence-corrected chi connectivity index (χ4v) is 5.14. The minimum absolute atomic E-state index is 0.114. The lowest BCUT2D eigenvalue weighted by Gasteiger charge is -2.39. The molecule has 10 heteroatoms. The van der Waals surface area contributed by atoms with E-state index in [-0.39, 0.29) is 18.3 Å². The average Bonchev–Trinajstić information content (AvgIpc) is 2.85. The summed E-state index contributed by atoms with van der Waals surface area (Å²) >= 11 is 0. The van der Waals surface area contributed by atoms with E-state index < -0.39 is 28.8 Å². The first-order valence-corrected chi connectivity index (χ1v) is 12.9. The molecule has 210 valence electrons. The summed E-state index contributed by atoms with van der Waals surface area (Å²) < 4.78 is 46.1. The average molecular weight is 546 g/mol. The van der Waals surface area contributed by atoms with Crippen molar-refractivity contribution in [1.82, 2.24) is 4.90 Å². The number of alkyl halides is 3. The van der Waals surface area contributed by atoms with Crippen LogP contribution in [-0.2, 0) is 17.5 Å². The third kappa shape index (κ3) is 6.06. The normalized spacial score (nSPS) is 18.0. The Morgan fingerprint density at radius 1 is 1.15 bits per heavy atom. The minimum Gasteiger partial charge on any atom is -0.486 e. The molecule has 0 spiro atoms. The summed E-state index contributed by atoms with van der Waals surface area (Å²) in [4.78, 5) is 29.0. The summed E-state index contributed by atoms with van der Waals surface area (Å²) in [5.41, 5.74) is 0.478. The number of carbonyl (C=O) groups is 2. The Labute approximate surface area is 226 Å². The molecule has 3 amide bonds. The van der Waals surface area contributed by atoms with Crippen molar-refractivity contribution in [2.24, 2.45) is 0 Å². The molecule has 0 atom stereocenters. The Kier molecular flexibility index (Phi) is 7.46. The van der Waals surface area contributed by atoms with Crippen LogP contribution in [0.3, 0.4) is 0 Å². The van der Waals surface area contributed by atoms with E-state index in [0.29, 0.717) is 48.3 Å². The fourth-order valence-electron chi connectivity index (χ4n) is 5.14. The second kappa shape index (κ2) is 10.2. The summed E-state index contributed by atoms with van der Waals surface area (Å²) in [6.07, 6.45) is -1.59. The van der Waals surface area contributed by atoms with Crippen LogP contribution in [0, 0.1) is 0 Å². The van der Waals surface area contributed by atoms with Gasteiger partial charge in [-0.1, -0.05) is 26.0 Å². The van der Waals surface area contributed by atoms with Crippen LogP contribution in [0.15, 0.2) is 42.5 Å². The number of ether oxygens (including phenoxy) is 1. The second-order valence-corrected chi connectivity index (χ2v) is 10.9. The van der Waals surface area contributed by atoms with Crippen molar-refractivity contribution in [1.29, 1.82) is 0 Å². The van der Waals surface area contributed by atoms with Gasteiger partial charge in [0.2, 0.25) is 5.91 Å². The highest BCUT2D eigenvalue weighted by Gasteiger charge is 2.38. The Balaban J connectivity index is 1.60. The SMILES string of the molecule is CCC1(CC)C/C(=C\C(=O)Nc2ccc3c(c2)N(C)C(=O)N(CC(C)(C)O)C3)c2ccc(C(F)(F)F)cc2O1. The van der Waals surface area contributed by atoms with Gasteiger partial charge in [-0.2, -0.15) is 13.2 Å². The maximum atomic E-state index is 13.4. The zero-order chi connectivity index (χ0) is 28.8. The fraction of sp³-hybridized carbons (Fsp3) is 0.448. The first kappa shape index (κ1) is 28.5. The molecule has 2 aromatic carbocycles. The van der Waals surface area contributed by atoms with Crippen LogP contribution < -0.4 is 15.0 Å². The van der Waals surface area contributed by atoms with Gasteiger partial charge < -0.3 is 20.1 Å². The van der Waals surface area contributed by atoms with E-state index in [1.807, 2.05) is 19.9 Å². The van der Waals surface area contributed by atoms with Crippen LogP contribution in [0.25, 0.3) is 5.57 Å². The van der Waals surface area contributed by atoms with Gasteiger partial charge in [0, 0.05) is 37.3 Å². The van der Waals surface area contributed by atoms with Gasteiger partial charge in [0.25, 0.3) is 0 Å². The number of nitrogens with one attached hydrogen (secondary N) is 1. The molecular formula is C29H34F3N3O4. The molecule has 2 N–H and O–H groups in total. The summed E-state index contributed by atoms with van der Waals surface area (Å²) in [5.74, 6) is -0.324. The lowest BCUT2D eigenvalue weighted by Crippen LogP contribution is -2.50. The number of amides is 3. The van der Waals surface area contributed by atoms with E-state index in [0.717, 1.165) is 17.7 Å². The van der Waals surface area contributed by atoms with Gasteiger partial charge in [0.1, 0.15) is 11.4 Å². The number of hydrogen-bond donors (Lipinski definition) is 2. The predicted molar refractivity (Wildman–Crippen MR) is 144 cm³/mol. The van der Waals surface area contributed by atoms with Crippen molar-refractivity contribution in [2.45, 2.75) is 70.9 Å². The molecule has 2 aliphatic rings. The highest BCUT2D eigenvalue weighted by atomic mass is 19.4. The van der Waals surface area contributed by atoms with Gasteiger partial charge >= 0.3 is 12.2 Å². The van der Waals surface area contributed by atoms with Crippen molar-refractivity contribution in [3.05, 3.63) is 59.2 Å². The Bertz CT molecular complexity index is 1310. The number of aliphatic hydroxyl groups is 1. The zero-order valence-corrected chi connectivity index (χ0v) is 22.8. The smallest absolute Gasteiger partial charge is 0.416 e. The van der Waals surface area contributed by atoms with Crippen LogP contribution in [-0.4, -0.2) is 46.7 Å². The molecule has 2 aliphatic heterocycles. The van der Waals surface area contributed by atoms with Gasteiger partial charge in [0.05, 0.1) is 23.4 Å². The van der Waals surface area contributed by atoms with Crippen LogP contribution in [0.5, 0.6) is 5.75 Å². The largest absolute Gasteiger partial charge is 0.486 e. The molecule has 2 aromatic rings. The van der Waals surface area contributed by atoms with Crippen LogP contribution in [0.2, 0.25) is 0 Å². The highest BCUT2D eigenvalue weighted by molar-refractivity contribution is 6.05. The van der Waals surface area contributed by atoms with Gasteiger partial charge in [-0.05, 0) is 62.1 Å². The number of benzene rings is 2. The third-order valence-corrected chi connectivity index (χ3v) is 7.30. The van der Waals surface area contributed by atoms with E-state index in [1.54, 1.807) is 37.9 Å². The zero-order valence-electron chi connectivity index (χ0n) is 22.8. The quantitative estimate of drug-likeness (QED) is 0.423. The predicted octanol–water partition coefficient (Wildman–Crippen LogP) is 6.21. The molecule has 0 aromatic heterocycles. The van der Waals surface area contributed by atoms with Crippen molar-refractivity contribution in [2.75, 3.05) is 23.8 Å². The van der Waals surface area contributed by atoms with Crippen molar-refractivity contribution >= 4 is 28.9 Å². The van der Waals surface area contributed by atoms with Crippen LogP contribution in [0.4, 0.5) is 29.3 Å². The molecule has 39 heavy (non-hydrogen) atoms. The molecule has 0 radical (unpaired) electrons. The molecule has 0 unspecified atom stereocenters. The number of nitrogens with zero attached hydrogens (tertiary/aromatic N) is 2. The Hall–Kier alpha value is -3.53. The highest BCUT2D eigenvalue weighted by Crippen LogP contribution is 2.45. The standard InChI is InChI=1S/C29H34F3N3O4/c1-6-28(7-2)15-19(22-11-9-20(29(30,31)32)13-24(22)39-28)12-25(36)33-21-10-8-18-16-35(17-27(3,4)38)26(37)34(5)23(18)14-21/h8-14,38H,6-7,15-17H2,1-5H3,(H,33,36)/b19-12+. The molecule has 7 nitrogen and oxygen atoms in total. The maximum Gasteiger partial charge on any atom is 0.416 e. The lowest BCUT2D eigenvalue weighted by atomic mass is 9.83. The molecule has 0 saturated heterocycles. The summed E-state index contributed by atoms with van der Waals surface area (Å²) in [7, 11) is 1.63. The first-order valence-electron chi connectivity index (χ1n) is 12.9. The minimum atomic E-state index is -4.51. The maximum absolute atomic E-state index is 13.4.